The molecule has 0 saturated heterocycles. The van der Waals surface area contributed by atoms with Crippen molar-refractivity contribution in [2.24, 2.45) is 0 Å². The first-order valence-corrected chi connectivity index (χ1v) is 5.14. The summed E-state index contributed by atoms with van der Waals surface area (Å²) >= 11 is 0. The quantitative estimate of drug-likeness (QED) is 0.753. The number of likely N-dealkylation sites (N-methyl/N-ethyl adjacent to an activating group) is 1. The zero-order valence-electron chi connectivity index (χ0n) is 9.16. The molecule has 15 heavy (non-hydrogen) atoms. The number of carbonyl (C=O) groups excluding carboxylic acids is 1. The molecule has 1 aromatic rings. The Balaban J connectivity index is 2.37. The molecule has 0 radical (unpaired) electrons. The predicted octanol–water partition coefficient (Wildman–Crippen LogP) is 0.868. The molecule has 1 aromatic heterocycles. The van der Waals surface area contributed by atoms with Gasteiger partial charge in [0.05, 0.1) is 6.54 Å². The first kappa shape index (κ1) is 11.7. The third-order valence-corrected chi connectivity index (χ3v) is 2.13. The number of aromatic nitrogens is 1. The van der Waals surface area contributed by atoms with Crippen molar-refractivity contribution in [2.75, 3.05) is 13.1 Å². The van der Waals surface area contributed by atoms with Gasteiger partial charge in [0.25, 0.3) is 0 Å². The number of carbonyl (C=O) groups is 1. The van der Waals surface area contributed by atoms with Gasteiger partial charge in [0.2, 0.25) is 5.91 Å². The number of nitrogens with one attached hydrogen (secondary N) is 2. The van der Waals surface area contributed by atoms with Crippen molar-refractivity contribution in [1.29, 1.82) is 0 Å². The summed E-state index contributed by atoms with van der Waals surface area (Å²) in [6.45, 7) is 4.92. The van der Waals surface area contributed by atoms with Gasteiger partial charge in [-0.05, 0) is 25.5 Å². The fraction of sp³-hybridized carbons (Fsp3) is 0.455. The van der Waals surface area contributed by atoms with Gasteiger partial charge < -0.3 is 10.6 Å². The van der Waals surface area contributed by atoms with E-state index >= 15 is 0 Å². The summed E-state index contributed by atoms with van der Waals surface area (Å²) in [6, 6.07) is 4.02. The van der Waals surface area contributed by atoms with Gasteiger partial charge in [0, 0.05) is 25.0 Å². The number of nitrogens with zero attached hydrogens (tertiary/aromatic N) is 1. The predicted molar refractivity (Wildman–Crippen MR) is 59.3 cm³/mol. The Kier molecular flexibility index (Phi) is 4.77. The first-order valence-electron chi connectivity index (χ1n) is 5.14. The van der Waals surface area contributed by atoms with Gasteiger partial charge in [-0.1, -0.05) is 6.07 Å². The van der Waals surface area contributed by atoms with Gasteiger partial charge in [0.1, 0.15) is 0 Å². The zero-order valence-corrected chi connectivity index (χ0v) is 9.16. The summed E-state index contributed by atoms with van der Waals surface area (Å²) in [4.78, 5) is 15.2. The van der Waals surface area contributed by atoms with E-state index in [4.69, 9.17) is 0 Å². The van der Waals surface area contributed by atoms with E-state index in [1.807, 2.05) is 26.0 Å². The molecule has 82 valence electrons. The van der Waals surface area contributed by atoms with Crippen LogP contribution in [0.1, 0.15) is 25.5 Å². The molecule has 0 aromatic carbocycles. The van der Waals surface area contributed by atoms with Crippen molar-refractivity contribution < 1.29 is 4.79 Å². The van der Waals surface area contributed by atoms with E-state index in [0.29, 0.717) is 13.1 Å². The van der Waals surface area contributed by atoms with E-state index in [1.54, 1.807) is 12.4 Å². The van der Waals surface area contributed by atoms with Crippen LogP contribution in [-0.4, -0.2) is 24.0 Å². The molecular formula is C11H17N3O. The zero-order chi connectivity index (χ0) is 11.1. The summed E-state index contributed by atoms with van der Waals surface area (Å²) in [5.74, 6) is 0.0215. The van der Waals surface area contributed by atoms with Gasteiger partial charge in [-0.15, -0.1) is 0 Å². The number of hydrogen-bond acceptors (Lipinski definition) is 3. The maximum Gasteiger partial charge on any atom is 0.233 e. The fourth-order valence-electron chi connectivity index (χ4n) is 1.26. The molecule has 0 spiro atoms. The van der Waals surface area contributed by atoms with Crippen LogP contribution in [0.5, 0.6) is 0 Å². The molecule has 1 amide bonds. The third-order valence-electron chi connectivity index (χ3n) is 2.13. The normalized spacial score (nSPS) is 12.1. The lowest BCUT2D eigenvalue weighted by Gasteiger charge is -2.13. The molecule has 4 heteroatoms. The van der Waals surface area contributed by atoms with Crippen LogP contribution >= 0.6 is 0 Å². The van der Waals surface area contributed by atoms with Crippen LogP contribution in [0.3, 0.4) is 0 Å². The second-order valence-electron chi connectivity index (χ2n) is 3.34. The van der Waals surface area contributed by atoms with Gasteiger partial charge in [-0.25, -0.2) is 0 Å². The summed E-state index contributed by atoms with van der Waals surface area (Å²) in [5, 5.41) is 5.87. The third kappa shape index (κ3) is 4.08. The van der Waals surface area contributed by atoms with E-state index in [1.165, 1.54) is 0 Å². The number of amides is 1. The van der Waals surface area contributed by atoms with Crippen molar-refractivity contribution in [3.05, 3.63) is 30.1 Å². The Morgan fingerprint density at radius 1 is 1.60 bits per heavy atom. The minimum Gasteiger partial charge on any atom is -0.355 e. The van der Waals surface area contributed by atoms with Crippen molar-refractivity contribution in [2.45, 2.75) is 19.9 Å². The molecular weight excluding hydrogens is 190 g/mol. The number of rotatable bonds is 5. The molecule has 1 atom stereocenters. The highest BCUT2D eigenvalue weighted by atomic mass is 16.1. The van der Waals surface area contributed by atoms with Crippen LogP contribution in [0.15, 0.2) is 24.5 Å². The van der Waals surface area contributed by atoms with Crippen LogP contribution < -0.4 is 10.6 Å². The second kappa shape index (κ2) is 6.14. The van der Waals surface area contributed by atoms with Crippen molar-refractivity contribution >= 4 is 5.91 Å². The summed E-state index contributed by atoms with van der Waals surface area (Å²) in [6.07, 6.45) is 3.54. The molecule has 1 heterocycles. The van der Waals surface area contributed by atoms with E-state index in [0.717, 1.165) is 5.56 Å². The van der Waals surface area contributed by atoms with Crippen LogP contribution in [0.2, 0.25) is 0 Å². The Labute approximate surface area is 90.1 Å². The SMILES string of the molecule is CCNC(=O)CN[C@H](C)c1cccnc1. The molecule has 2 N–H and O–H groups in total. The maximum atomic E-state index is 11.2. The minimum atomic E-state index is 0.0215. The highest BCUT2D eigenvalue weighted by Crippen LogP contribution is 2.08. The summed E-state index contributed by atoms with van der Waals surface area (Å²) < 4.78 is 0. The van der Waals surface area contributed by atoms with Crippen molar-refractivity contribution in [3.63, 3.8) is 0 Å². The van der Waals surface area contributed by atoms with Crippen LogP contribution in [0.25, 0.3) is 0 Å². The Bertz CT molecular complexity index is 300. The lowest BCUT2D eigenvalue weighted by molar-refractivity contribution is -0.120. The molecule has 4 nitrogen and oxygen atoms in total. The lowest BCUT2D eigenvalue weighted by Crippen LogP contribution is -2.34. The number of pyridine rings is 1. The van der Waals surface area contributed by atoms with Gasteiger partial charge >= 0.3 is 0 Å². The topological polar surface area (TPSA) is 54.0 Å². The maximum absolute atomic E-state index is 11.2. The van der Waals surface area contributed by atoms with Crippen LogP contribution in [-0.2, 0) is 4.79 Å². The highest BCUT2D eigenvalue weighted by molar-refractivity contribution is 5.77. The van der Waals surface area contributed by atoms with Gasteiger partial charge in [-0.2, -0.15) is 0 Å². The van der Waals surface area contributed by atoms with Gasteiger partial charge in [0.15, 0.2) is 0 Å². The summed E-state index contributed by atoms with van der Waals surface area (Å²) in [7, 11) is 0. The monoisotopic (exact) mass is 207 g/mol. The Hall–Kier alpha value is -1.42. The molecule has 0 aliphatic rings. The lowest BCUT2D eigenvalue weighted by atomic mass is 10.1. The molecule has 0 aliphatic carbocycles. The first-order chi connectivity index (χ1) is 7.24. The summed E-state index contributed by atoms with van der Waals surface area (Å²) in [5.41, 5.74) is 1.08. The highest BCUT2D eigenvalue weighted by Gasteiger charge is 2.06. The average Bonchev–Trinajstić information content (AvgIpc) is 2.27. The van der Waals surface area contributed by atoms with E-state index < -0.39 is 0 Å². The fourth-order valence-corrected chi connectivity index (χ4v) is 1.26. The van der Waals surface area contributed by atoms with Gasteiger partial charge in [-0.3, -0.25) is 9.78 Å². The van der Waals surface area contributed by atoms with E-state index in [2.05, 4.69) is 15.6 Å². The second-order valence-corrected chi connectivity index (χ2v) is 3.34. The average molecular weight is 207 g/mol. The minimum absolute atomic E-state index is 0.0215. The Morgan fingerprint density at radius 2 is 2.40 bits per heavy atom. The molecule has 0 bridgehead atoms. The van der Waals surface area contributed by atoms with Crippen molar-refractivity contribution in [3.8, 4) is 0 Å². The molecule has 0 unspecified atom stereocenters. The largest absolute Gasteiger partial charge is 0.355 e. The smallest absolute Gasteiger partial charge is 0.233 e. The molecule has 0 aliphatic heterocycles. The molecule has 0 saturated carbocycles. The van der Waals surface area contributed by atoms with E-state index in [-0.39, 0.29) is 11.9 Å². The van der Waals surface area contributed by atoms with Crippen LogP contribution in [0, 0.1) is 0 Å². The molecule has 1 rings (SSSR count). The standard InChI is InChI=1S/C11H17N3O/c1-3-13-11(15)8-14-9(2)10-5-4-6-12-7-10/h4-7,9,14H,3,8H2,1-2H3,(H,13,15)/t9-/m1/s1. The number of hydrogen-bond donors (Lipinski definition) is 2. The molecule has 0 fully saturated rings. The van der Waals surface area contributed by atoms with Crippen LogP contribution in [0.4, 0.5) is 0 Å². The van der Waals surface area contributed by atoms with Crippen molar-refractivity contribution in [1.82, 2.24) is 15.6 Å². The Morgan fingerprint density at radius 3 is 3.00 bits per heavy atom. The van der Waals surface area contributed by atoms with E-state index in [9.17, 15) is 4.79 Å².